The van der Waals surface area contributed by atoms with E-state index < -0.39 is 26.9 Å². The number of para-hydroxylation sites is 1. The fraction of sp³-hybridized carbons (Fsp3) is 0.300. The Morgan fingerprint density at radius 2 is 1.86 bits per heavy atom. The molecule has 1 heterocycles. The van der Waals surface area contributed by atoms with Crippen LogP contribution in [0.3, 0.4) is 0 Å². The highest BCUT2D eigenvalue weighted by Gasteiger charge is 2.36. The molecule has 3 rings (SSSR count). The van der Waals surface area contributed by atoms with Crippen LogP contribution >= 0.6 is 0 Å². The van der Waals surface area contributed by atoms with E-state index in [1.165, 1.54) is 17.9 Å². The SMILES string of the molecule is CCOc1ccc(NC(=O)CN2C(=O)C[C@H](C)S(=O)(=O)c3ccccc32)cc1. The Hall–Kier alpha value is -2.87. The van der Waals surface area contributed by atoms with E-state index in [9.17, 15) is 18.0 Å². The number of fused-ring (bicyclic) bond motifs is 1. The summed E-state index contributed by atoms with van der Waals surface area (Å²) in [4.78, 5) is 26.5. The van der Waals surface area contributed by atoms with Crippen LogP contribution in [0.5, 0.6) is 5.75 Å². The number of carbonyl (C=O) groups is 2. The average Bonchev–Trinajstić information content (AvgIpc) is 2.73. The Kier molecular flexibility index (Phi) is 5.69. The number of hydrogen-bond acceptors (Lipinski definition) is 5. The number of sulfone groups is 1. The molecule has 8 heteroatoms. The lowest BCUT2D eigenvalue weighted by Gasteiger charge is -2.21. The molecule has 2 aromatic carbocycles. The van der Waals surface area contributed by atoms with E-state index in [0.29, 0.717) is 18.0 Å². The summed E-state index contributed by atoms with van der Waals surface area (Å²) < 4.78 is 30.7. The number of rotatable bonds is 5. The summed E-state index contributed by atoms with van der Waals surface area (Å²) in [5.41, 5.74) is 0.795. The summed E-state index contributed by atoms with van der Waals surface area (Å²) in [7, 11) is -3.64. The molecule has 0 unspecified atom stereocenters. The zero-order chi connectivity index (χ0) is 20.3. The molecule has 0 radical (unpaired) electrons. The summed E-state index contributed by atoms with van der Waals surface area (Å²) in [6, 6.07) is 13.1. The third-order valence-electron chi connectivity index (χ3n) is 4.51. The van der Waals surface area contributed by atoms with Gasteiger partial charge in [0.1, 0.15) is 12.3 Å². The average molecular weight is 402 g/mol. The van der Waals surface area contributed by atoms with Crippen molar-refractivity contribution in [2.75, 3.05) is 23.4 Å². The molecule has 0 bridgehead atoms. The van der Waals surface area contributed by atoms with Crippen LogP contribution in [0.2, 0.25) is 0 Å². The molecular formula is C20H22N2O5S. The fourth-order valence-electron chi connectivity index (χ4n) is 3.06. The standard InChI is InChI=1S/C20H22N2O5S/c1-3-27-16-10-8-15(9-11-16)21-19(23)13-22-17-6-4-5-7-18(17)28(25,26)14(2)12-20(22)24/h4-11,14H,3,12-13H2,1-2H3,(H,21,23)/t14-/m0/s1. The maximum atomic E-state index is 12.7. The quantitative estimate of drug-likeness (QED) is 0.830. The fourth-order valence-corrected chi connectivity index (χ4v) is 4.59. The van der Waals surface area contributed by atoms with Crippen LogP contribution in [0.15, 0.2) is 53.4 Å². The number of ether oxygens (including phenoxy) is 1. The highest BCUT2D eigenvalue weighted by atomic mass is 32.2. The van der Waals surface area contributed by atoms with Crippen molar-refractivity contribution in [3.05, 3.63) is 48.5 Å². The molecule has 2 aromatic rings. The van der Waals surface area contributed by atoms with Crippen molar-refractivity contribution in [2.45, 2.75) is 30.4 Å². The summed E-state index contributed by atoms with van der Waals surface area (Å²) in [5.74, 6) is -0.126. The number of carbonyl (C=O) groups excluding carboxylic acids is 2. The van der Waals surface area contributed by atoms with Gasteiger partial charge in [-0.1, -0.05) is 12.1 Å². The molecule has 0 spiro atoms. The summed E-state index contributed by atoms with van der Waals surface area (Å²) in [5, 5.41) is 1.88. The van der Waals surface area contributed by atoms with Crippen LogP contribution in [0.25, 0.3) is 0 Å². The van der Waals surface area contributed by atoms with Gasteiger partial charge in [0.2, 0.25) is 11.8 Å². The molecule has 0 saturated heterocycles. The molecule has 1 aliphatic rings. The zero-order valence-corrected chi connectivity index (χ0v) is 16.5. The lowest BCUT2D eigenvalue weighted by atomic mass is 10.2. The van der Waals surface area contributed by atoms with Gasteiger partial charge in [0.15, 0.2) is 9.84 Å². The summed E-state index contributed by atoms with van der Waals surface area (Å²) in [6.45, 7) is 3.66. The molecule has 0 saturated carbocycles. The molecule has 0 aliphatic carbocycles. The molecule has 28 heavy (non-hydrogen) atoms. The smallest absolute Gasteiger partial charge is 0.244 e. The third kappa shape index (κ3) is 4.01. The second-order valence-electron chi connectivity index (χ2n) is 6.51. The maximum Gasteiger partial charge on any atom is 0.244 e. The van der Waals surface area contributed by atoms with Crippen molar-refractivity contribution in [2.24, 2.45) is 0 Å². The maximum absolute atomic E-state index is 12.7. The van der Waals surface area contributed by atoms with Crippen molar-refractivity contribution in [3.63, 3.8) is 0 Å². The Balaban J connectivity index is 1.82. The second kappa shape index (κ2) is 8.02. The van der Waals surface area contributed by atoms with Gasteiger partial charge in [-0.25, -0.2) is 8.42 Å². The second-order valence-corrected chi connectivity index (χ2v) is 8.85. The van der Waals surface area contributed by atoms with Crippen LogP contribution in [-0.4, -0.2) is 38.6 Å². The normalized spacial score (nSPS) is 18.1. The molecule has 1 atom stereocenters. The Labute approximate surface area is 164 Å². The molecule has 2 amide bonds. The number of hydrogen-bond donors (Lipinski definition) is 1. The highest BCUT2D eigenvalue weighted by molar-refractivity contribution is 7.92. The zero-order valence-electron chi connectivity index (χ0n) is 15.7. The van der Waals surface area contributed by atoms with E-state index in [-0.39, 0.29) is 23.5 Å². The number of anilines is 2. The minimum Gasteiger partial charge on any atom is -0.494 e. The van der Waals surface area contributed by atoms with Crippen LogP contribution in [0.4, 0.5) is 11.4 Å². The molecular weight excluding hydrogens is 380 g/mol. The Bertz CT molecular complexity index is 986. The van der Waals surface area contributed by atoms with Crippen molar-refractivity contribution in [3.8, 4) is 5.75 Å². The molecule has 7 nitrogen and oxygen atoms in total. The van der Waals surface area contributed by atoms with E-state index in [2.05, 4.69) is 5.32 Å². The first-order valence-electron chi connectivity index (χ1n) is 8.99. The van der Waals surface area contributed by atoms with E-state index >= 15 is 0 Å². The van der Waals surface area contributed by atoms with Gasteiger partial charge < -0.3 is 15.0 Å². The Morgan fingerprint density at radius 1 is 1.18 bits per heavy atom. The molecule has 1 N–H and O–H groups in total. The van der Waals surface area contributed by atoms with E-state index in [1.807, 2.05) is 6.92 Å². The van der Waals surface area contributed by atoms with Gasteiger partial charge in [0.05, 0.1) is 22.4 Å². The molecule has 0 fully saturated rings. The van der Waals surface area contributed by atoms with Gasteiger partial charge in [-0.05, 0) is 50.2 Å². The van der Waals surface area contributed by atoms with Crippen molar-refractivity contribution in [1.29, 1.82) is 0 Å². The predicted molar refractivity (Wildman–Crippen MR) is 106 cm³/mol. The lowest BCUT2D eigenvalue weighted by Crippen LogP contribution is -2.38. The van der Waals surface area contributed by atoms with Crippen LogP contribution in [0, 0.1) is 0 Å². The summed E-state index contributed by atoms with van der Waals surface area (Å²) in [6.07, 6.45) is -0.173. The monoisotopic (exact) mass is 402 g/mol. The molecule has 148 valence electrons. The lowest BCUT2D eigenvalue weighted by molar-refractivity contribution is -0.121. The first kappa shape index (κ1) is 19.9. The number of nitrogens with one attached hydrogen (secondary N) is 1. The number of benzene rings is 2. The van der Waals surface area contributed by atoms with E-state index in [1.54, 1.807) is 42.5 Å². The van der Waals surface area contributed by atoms with Crippen LogP contribution in [-0.2, 0) is 19.4 Å². The predicted octanol–water partition coefficient (Wildman–Crippen LogP) is 2.62. The van der Waals surface area contributed by atoms with Crippen LogP contribution in [0.1, 0.15) is 20.3 Å². The van der Waals surface area contributed by atoms with Gasteiger partial charge in [-0.2, -0.15) is 0 Å². The highest BCUT2D eigenvalue weighted by Crippen LogP contribution is 2.33. The van der Waals surface area contributed by atoms with Crippen molar-refractivity contribution in [1.82, 2.24) is 0 Å². The van der Waals surface area contributed by atoms with Crippen molar-refractivity contribution >= 4 is 33.0 Å². The number of nitrogens with zero attached hydrogens (tertiary/aromatic N) is 1. The largest absolute Gasteiger partial charge is 0.494 e. The number of amides is 2. The molecule has 1 aliphatic heterocycles. The summed E-state index contributed by atoms with van der Waals surface area (Å²) >= 11 is 0. The third-order valence-corrected chi connectivity index (χ3v) is 6.69. The Morgan fingerprint density at radius 3 is 2.54 bits per heavy atom. The van der Waals surface area contributed by atoms with Crippen LogP contribution < -0.4 is 15.0 Å². The van der Waals surface area contributed by atoms with Gasteiger partial charge in [-0.15, -0.1) is 0 Å². The topological polar surface area (TPSA) is 92.8 Å². The molecule has 0 aromatic heterocycles. The van der Waals surface area contributed by atoms with Gasteiger partial charge in [0.25, 0.3) is 0 Å². The van der Waals surface area contributed by atoms with Gasteiger partial charge in [0, 0.05) is 12.1 Å². The van der Waals surface area contributed by atoms with Crippen molar-refractivity contribution < 1.29 is 22.7 Å². The van der Waals surface area contributed by atoms with Gasteiger partial charge >= 0.3 is 0 Å². The minimum absolute atomic E-state index is 0.0715. The minimum atomic E-state index is -3.64. The van der Waals surface area contributed by atoms with E-state index in [0.717, 1.165) is 0 Å². The van der Waals surface area contributed by atoms with Gasteiger partial charge in [-0.3, -0.25) is 9.59 Å². The van der Waals surface area contributed by atoms with E-state index in [4.69, 9.17) is 4.74 Å². The first-order chi connectivity index (χ1) is 13.3. The first-order valence-corrected chi connectivity index (χ1v) is 10.5.